The van der Waals surface area contributed by atoms with Crippen molar-refractivity contribution in [3.8, 4) is 0 Å². The van der Waals surface area contributed by atoms with E-state index in [1.54, 1.807) is 30.3 Å². The minimum absolute atomic E-state index is 0.144. The van der Waals surface area contributed by atoms with Crippen molar-refractivity contribution in [2.24, 2.45) is 0 Å². The highest BCUT2D eigenvalue weighted by atomic mass is 35.5. The van der Waals surface area contributed by atoms with E-state index in [4.69, 9.17) is 11.6 Å². The molecule has 3 rings (SSSR count). The predicted octanol–water partition coefficient (Wildman–Crippen LogP) is 4.96. The molecule has 172 valence electrons. The van der Waals surface area contributed by atoms with Crippen molar-refractivity contribution in [2.75, 3.05) is 11.1 Å². The van der Waals surface area contributed by atoms with E-state index in [1.807, 2.05) is 43.5 Å². The minimum Gasteiger partial charge on any atom is -0.342 e. The van der Waals surface area contributed by atoms with E-state index >= 15 is 0 Å². The molecule has 0 saturated heterocycles. The summed E-state index contributed by atoms with van der Waals surface area (Å²) in [6, 6.07) is 12.4. The van der Waals surface area contributed by atoms with Crippen molar-refractivity contribution >= 4 is 40.9 Å². The Hall–Kier alpha value is -3.10. The molecule has 7 nitrogen and oxygen atoms in total. The van der Waals surface area contributed by atoms with Gasteiger partial charge in [0.15, 0.2) is 11.0 Å². The van der Waals surface area contributed by atoms with Gasteiger partial charge in [0, 0.05) is 22.8 Å². The van der Waals surface area contributed by atoms with Crippen molar-refractivity contribution < 1.29 is 9.59 Å². The van der Waals surface area contributed by atoms with E-state index in [0.29, 0.717) is 33.8 Å². The number of anilines is 1. The maximum atomic E-state index is 12.6. The molecule has 1 aromatic heterocycles. The highest BCUT2D eigenvalue weighted by molar-refractivity contribution is 7.99. The van der Waals surface area contributed by atoms with Crippen LogP contribution in [0.4, 0.5) is 5.69 Å². The van der Waals surface area contributed by atoms with Gasteiger partial charge >= 0.3 is 0 Å². The van der Waals surface area contributed by atoms with Crippen LogP contribution in [0.3, 0.4) is 0 Å². The van der Waals surface area contributed by atoms with Crippen LogP contribution in [-0.4, -0.2) is 32.3 Å². The summed E-state index contributed by atoms with van der Waals surface area (Å²) in [6.07, 6.45) is 1.72. The lowest BCUT2D eigenvalue weighted by molar-refractivity contribution is -0.113. The second kappa shape index (κ2) is 11.2. The molecule has 0 radical (unpaired) electrons. The Kier molecular flexibility index (Phi) is 8.30. The fourth-order valence-electron chi connectivity index (χ4n) is 3.22. The second-order valence-corrected chi connectivity index (χ2v) is 8.90. The van der Waals surface area contributed by atoms with Crippen LogP contribution in [-0.2, 0) is 11.3 Å². The van der Waals surface area contributed by atoms with E-state index in [9.17, 15) is 9.59 Å². The zero-order chi connectivity index (χ0) is 24.0. The van der Waals surface area contributed by atoms with Gasteiger partial charge in [0.25, 0.3) is 5.91 Å². The first-order chi connectivity index (χ1) is 15.8. The summed E-state index contributed by atoms with van der Waals surface area (Å²) >= 11 is 7.39. The average Bonchev–Trinajstić information content (AvgIpc) is 3.18. The van der Waals surface area contributed by atoms with Crippen molar-refractivity contribution in [3.05, 3.63) is 82.7 Å². The fraction of sp³-hybridized carbons (Fsp3) is 0.250. The number of aromatic nitrogens is 3. The normalized spacial score (nSPS) is 11.6. The number of nitrogens with one attached hydrogen (secondary N) is 2. The van der Waals surface area contributed by atoms with Crippen LogP contribution < -0.4 is 10.6 Å². The summed E-state index contributed by atoms with van der Waals surface area (Å²) in [5.74, 6) is 0.362. The van der Waals surface area contributed by atoms with Gasteiger partial charge in [0.1, 0.15) is 0 Å². The molecule has 0 aliphatic rings. The lowest BCUT2D eigenvalue weighted by Gasteiger charge is -2.15. The number of rotatable bonds is 9. The number of hydrogen-bond donors (Lipinski definition) is 2. The van der Waals surface area contributed by atoms with Crippen molar-refractivity contribution in [3.63, 3.8) is 0 Å². The standard InChI is InChI=1S/C24H26ClN5O2S/c1-5-12-30-22(17(4)26-23(32)18-9-6-8-15(2)13-18)28-29-24(30)33-14-21(31)27-20-11-7-10-19(25)16(20)3/h5-11,13,17H,1,12,14H2,2-4H3,(H,26,32)(H,27,31)/t17-/m1/s1. The van der Waals surface area contributed by atoms with Gasteiger partial charge in [-0.3, -0.25) is 9.59 Å². The quantitative estimate of drug-likeness (QED) is 0.332. The Morgan fingerprint density at radius 2 is 1.97 bits per heavy atom. The van der Waals surface area contributed by atoms with Crippen LogP contribution in [0.5, 0.6) is 0 Å². The van der Waals surface area contributed by atoms with Crippen LogP contribution in [0.15, 0.2) is 60.3 Å². The van der Waals surface area contributed by atoms with E-state index in [2.05, 4.69) is 27.4 Å². The van der Waals surface area contributed by atoms with E-state index < -0.39 is 0 Å². The summed E-state index contributed by atoms with van der Waals surface area (Å²) in [5, 5.41) is 15.5. The first-order valence-electron chi connectivity index (χ1n) is 10.4. The zero-order valence-electron chi connectivity index (χ0n) is 18.8. The van der Waals surface area contributed by atoms with Crippen LogP contribution in [0.2, 0.25) is 5.02 Å². The number of halogens is 1. The SMILES string of the molecule is C=CCn1c(SCC(=O)Nc2cccc(Cl)c2C)nnc1[C@@H](C)NC(=O)c1cccc(C)c1. The number of amides is 2. The van der Waals surface area contributed by atoms with Gasteiger partial charge < -0.3 is 15.2 Å². The zero-order valence-corrected chi connectivity index (χ0v) is 20.3. The lowest BCUT2D eigenvalue weighted by atomic mass is 10.1. The van der Waals surface area contributed by atoms with Crippen LogP contribution >= 0.6 is 23.4 Å². The molecule has 0 saturated carbocycles. The van der Waals surface area contributed by atoms with E-state index in [1.165, 1.54) is 11.8 Å². The Bertz CT molecular complexity index is 1180. The second-order valence-electron chi connectivity index (χ2n) is 7.55. The number of carbonyl (C=O) groups excluding carboxylic acids is 2. The van der Waals surface area contributed by atoms with Gasteiger partial charge in [0.2, 0.25) is 5.91 Å². The molecule has 1 heterocycles. The molecule has 0 fully saturated rings. The summed E-state index contributed by atoms with van der Waals surface area (Å²) in [4.78, 5) is 25.1. The van der Waals surface area contributed by atoms with Gasteiger partial charge in [-0.2, -0.15) is 0 Å². The van der Waals surface area contributed by atoms with Gasteiger partial charge in [-0.25, -0.2) is 0 Å². The van der Waals surface area contributed by atoms with E-state index in [0.717, 1.165) is 11.1 Å². The van der Waals surface area contributed by atoms with Crippen molar-refractivity contribution in [1.82, 2.24) is 20.1 Å². The molecule has 33 heavy (non-hydrogen) atoms. The summed E-state index contributed by atoms with van der Waals surface area (Å²) < 4.78 is 1.84. The molecule has 1 atom stereocenters. The number of nitrogens with zero attached hydrogens (tertiary/aromatic N) is 3. The monoisotopic (exact) mass is 483 g/mol. The maximum Gasteiger partial charge on any atom is 0.251 e. The van der Waals surface area contributed by atoms with Gasteiger partial charge in [0.05, 0.1) is 11.8 Å². The molecule has 2 aromatic carbocycles. The molecule has 0 unspecified atom stereocenters. The largest absolute Gasteiger partial charge is 0.342 e. The fourth-order valence-corrected chi connectivity index (χ4v) is 4.15. The molecule has 0 spiro atoms. The highest BCUT2D eigenvalue weighted by Crippen LogP contribution is 2.24. The average molecular weight is 484 g/mol. The number of allylic oxidation sites excluding steroid dienone is 1. The smallest absolute Gasteiger partial charge is 0.251 e. The third kappa shape index (κ3) is 6.24. The number of hydrogen-bond acceptors (Lipinski definition) is 5. The third-order valence-electron chi connectivity index (χ3n) is 4.95. The van der Waals surface area contributed by atoms with Crippen LogP contribution in [0.25, 0.3) is 0 Å². The first-order valence-corrected chi connectivity index (χ1v) is 11.8. The molecule has 9 heteroatoms. The Morgan fingerprint density at radius 1 is 1.21 bits per heavy atom. The molecule has 0 aliphatic carbocycles. The summed E-state index contributed by atoms with van der Waals surface area (Å²) in [7, 11) is 0. The molecule has 0 aliphatic heterocycles. The molecule has 3 aromatic rings. The Morgan fingerprint density at radius 3 is 2.70 bits per heavy atom. The molecule has 0 bridgehead atoms. The number of benzene rings is 2. The number of aryl methyl sites for hydroxylation is 1. The minimum atomic E-state index is -0.386. The van der Waals surface area contributed by atoms with Gasteiger partial charge in [-0.05, 0) is 50.6 Å². The number of carbonyl (C=O) groups is 2. The molecular formula is C24H26ClN5O2S. The Balaban J connectivity index is 1.68. The third-order valence-corrected chi connectivity index (χ3v) is 6.32. The molecule has 2 amide bonds. The first kappa shape index (κ1) is 24.5. The summed E-state index contributed by atoms with van der Waals surface area (Å²) in [5.41, 5.74) is 3.08. The van der Waals surface area contributed by atoms with Crippen molar-refractivity contribution in [2.45, 2.75) is 38.5 Å². The summed E-state index contributed by atoms with van der Waals surface area (Å²) in [6.45, 7) is 9.89. The van der Waals surface area contributed by atoms with Gasteiger partial charge in [-0.15, -0.1) is 16.8 Å². The van der Waals surface area contributed by atoms with Gasteiger partial charge in [-0.1, -0.05) is 53.2 Å². The molecular weight excluding hydrogens is 458 g/mol. The number of thioether (sulfide) groups is 1. The van der Waals surface area contributed by atoms with Crippen LogP contribution in [0, 0.1) is 13.8 Å². The topological polar surface area (TPSA) is 88.9 Å². The maximum absolute atomic E-state index is 12.6. The lowest BCUT2D eigenvalue weighted by Crippen LogP contribution is -2.29. The predicted molar refractivity (Wildman–Crippen MR) is 133 cm³/mol. The van der Waals surface area contributed by atoms with Crippen molar-refractivity contribution in [1.29, 1.82) is 0 Å². The van der Waals surface area contributed by atoms with E-state index in [-0.39, 0.29) is 23.6 Å². The molecule has 2 N–H and O–H groups in total. The van der Waals surface area contributed by atoms with Crippen LogP contribution in [0.1, 0.15) is 40.3 Å². The Labute approximate surface area is 202 Å². The highest BCUT2D eigenvalue weighted by Gasteiger charge is 2.20.